The predicted molar refractivity (Wildman–Crippen MR) is 107 cm³/mol. The number of nitrogens with zero attached hydrogens (tertiary/aromatic N) is 3. The SMILES string of the molecule is CCCn1nc(C(=O)N/N=C(/CC)c2ccc(F)cc2)c2ccccc2c1=O. The molecular weight excluding hydrogens is 359 g/mol. The lowest BCUT2D eigenvalue weighted by Crippen LogP contribution is -2.29. The van der Waals surface area contributed by atoms with Crippen LogP contribution in [0.2, 0.25) is 0 Å². The van der Waals surface area contributed by atoms with Gasteiger partial charge < -0.3 is 0 Å². The molecule has 0 aliphatic rings. The van der Waals surface area contributed by atoms with Gasteiger partial charge in [0.15, 0.2) is 5.69 Å². The quantitative estimate of drug-likeness (QED) is 0.525. The van der Waals surface area contributed by atoms with Gasteiger partial charge in [-0.25, -0.2) is 14.5 Å². The summed E-state index contributed by atoms with van der Waals surface area (Å²) in [6, 6.07) is 12.8. The van der Waals surface area contributed by atoms with Crippen LogP contribution in [0.4, 0.5) is 4.39 Å². The van der Waals surface area contributed by atoms with Crippen molar-refractivity contribution in [2.45, 2.75) is 33.2 Å². The molecule has 0 fully saturated rings. The number of hydrazone groups is 1. The molecule has 1 aromatic heterocycles. The van der Waals surface area contributed by atoms with E-state index in [1.807, 2.05) is 13.8 Å². The van der Waals surface area contributed by atoms with E-state index in [0.29, 0.717) is 29.4 Å². The Hall–Kier alpha value is -3.35. The Balaban J connectivity index is 1.97. The molecule has 0 atom stereocenters. The fourth-order valence-electron chi connectivity index (χ4n) is 2.93. The Kier molecular flexibility index (Phi) is 5.93. The minimum atomic E-state index is -0.505. The smallest absolute Gasteiger partial charge is 0.267 e. The molecule has 0 spiro atoms. The van der Waals surface area contributed by atoms with Crippen LogP contribution in [0.1, 0.15) is 42.7 Å². The highest BCUT2D eigenvalue weighted by molar-refractivity contribution is 6.06. The third kappa shape index (κ3) is 3.98. The first-order chi connectivity index (χ1) is 13.5. The van der Waals surface area contributed by atoms with Crippen LogP contribution < -0.4 is 11.0 Å². The van der Waals surface area contributed by atoms with Crippen LogP contribution >= 0.6 is 0 Å². The van der Waals surface area contributed by atoms with Crippen molar-refractivity contribution >= 4 is 22.4 Å². The molecule has 7 heteroatoms. The Morgan fingerprint density at radius 3 is 2.43 bits per heavy atom. The highest BCUT2D eigenvalue weighted by Crippen LogP contribution is 2.14. The second-order valence-corrected chi connectivity index (χ2v) is 6.28. The maximum Gasteiger partial charge on any atom is 0.292 e. The normalized spacial score (nSPS) is 11.6. The van der Waals surface area contributed by atoms with Crippen molar-refractivity contribution in [1.29, 1.82) is 0 Å². The lowest BCUT2D eigenvalue weighted by atomic mass is 10.1. The second kappa shape index (κ2) is 8.56. The molecule has 0 unspecified atom stereocenters. The number of rotatable bonds is 6. The molecule has 3 aromatic rings. The third-order valence-corrected chi connectivity index (χ3v) is 4.32. The summed E-state index contributed by atoms with van der Waals surface area (Å²) < 4.78 is 14.4. The predicted octanol–water partition coefficient (Wildman–Crippen LogP) is 3.49. The first-order valence-electron chi connectivity index (χ1n) is 9.17. The number of halogens is 1. The van der Waals surface area contributed by atoms with Gasteiger partial charge in [0, 0.05) is 11.9 Å². The van der Waals surface area contributed by atoms with E-state index < -0.39 is 5.91 Å². The molecule has 0 aliphatic carbocycles. The number of hydrogen-bond donors (Lipinski definition) is 1. The molecule has 0 radical (unpaired) electrons. The Bertz CT molecular complexity index is 1090. The van der Waals surface area contributed by atoms with E-state index in [-0.39, 0.29) is 17.1 Å². The molecule has 1 amide bonds. The third-order valence-electron chi connectivity index (χ3n) is 4.32. The number of fused-ring (bicyclic) bond motifs is 1. The van der Waals surface area contributed by atoms with E-state index in [1.165, 1.54) is 16.8 Å². The second-order valence-electron chi connectivity index (χ2n) is 6.28. The van der Waals surface area contributed by atoms with Crippen LogP contribution in [-0.4, -0.2) is 21.4 Å². The average Bonchev–Trinajstić information content (AvgIpc) is 2.71. The van der Waals surface area contributed by atoms with Gasteiger partial charge >= 0.3 is 0 Å². The number of aryl methyl sites for hydroxylation is 1. The first kappa shape index (κ1) is 19.4. The summed E-state index contributed by atoms with van der Waals surface area (Å²) in [5.74, 6) is -0.841. The van der Waals surface area contributed by atoms with E-state index in [9.17, 15) is 14.0 Å². The molecule has 6 nitrogen and oxygen atoms in total. The van der Waals surface area contributed by atoms with Crippen LogP contribution in [0, 0.1) is 5.82 Å². The van der Waals surface area contributed by atoms with Gasteiger partial charge in [-0.2, -0.15) is 10.2 Å². The highest BCUT2D eigenvalue weighted by Gasteiger charge is 2.16. The molecule has 0 saturated carbocycles. The average molecular weight is 380 g/mol. The zero-order chi connectivity index (χ0) is 20.1. The molecule has 0 saturated heterocycles. The summed E-state index contributed by atoms with van der Waals surface area (Å²) in [6.07, 6.45) is 1.27. The largest absolute Gasteiger partial charge is 0.292 e. The minimum Gasteiger partial charge on any atom is -0.267 e. The summed E-state index contributed by atoms with van der Waals surface area (Å²) in [5.41, 5.74) is 3.77. The van der Waals surface area contributed by atoms with Gasteiger partial charge in [0.05, 0.1) is 11.1 Å². The molecule has 0 bridgehead atoms. The molecule has 2 aromatic carbocycles. The van der Waals surface area contributed by atoms with Crippen molar-refractivity contribution in [3.05, 3.63) is 76.0 Å². The minimum absolute atomic E-state index is 0.141. The van der Waals surface area contributed by atoms with Crippen LogP contribution in [0.15, 0.2) is 58.4 Å². The number of nitrogens with one attached hydrogen (secondary N) is 1. The fraction of sp³-hybridized carbons (Fsp3) is 0.238. The number of carbonyl (C=O) groups excluding carboxylic acids is 1. The number of benzene rings is 2. The first-order valence-corrected chi connectivity index (χ1v) is 9.17. The Morgan fingerprint density at radius 1 is 1.11 bits per heavy atom. The number of carbonyl (C=O) groups is 1. The van der Waals surface area contributed by atoms with Gasteiger partial charge in [0.2, 0.25) is 0 Å². The van der Waals surface area contributed by atoms with Crippen LogP contribution in [0.5, 0.6) is 0 Å². The van der Waals surface area contributed by atoms with Crippen molar-refractivity contribution < 1.29 is 9.18 Å². The van der Waals surface area contributed by atoms with Crippen LogP contribution in [0.25, 0.3) is 10.8 Å². The summed E-state index contributed by atoms with van der Waals surface area (Å²) in [7, 11) is 0. The van der Waals surface area contributed by atoms with Crippen molar-refractivity contribution in [3.8, 4) is 0 Å². The van der Waals surface area contributed by atoms with E-state index >= 15 is 0 Å². The number of aromatic nitrogens is 2. The highest BCUT2D eigenvalue weighted by atomic mass is 19.1. The standard InChI is InChI=1S/C21H21FN4O2/c1-3-13-26-21(28)17-8-6-5-7-16(17)19(25-26)20(27)24-23-18(4-2)14-9-11-15(22)12-10-14/h5-12H,3-4,13H2,1-2H3,(H,24,27)/b23-18-. The zero-order valence-electron chi connectivity index (χ0n) is 15.8. The van der Waals surface area contributed by atoms with Crippen molar-refractivity contribution in [2.75, 3.05) is 0 Å². The molecule has 1 heterocycles. The summed E-state index contributed by atoms with van der Waals surface area (Å²) in [4.78, 5) is 25.3. The van der Waals surface area contributed by atoms with Gasteiger partial charge in [-0.3, -0.25) is 9.59 Å². The molecule has 144 valence electrons. The van der Waals surface area contributed by atoms with Crippen LogP contribution in [0.3, 0.4) is 0 Å². The number of hydrogen-bond acceptors (Lipinski definition) is 4. The van der Waals surface area contributed by atoms with Gasteiger partial charge in [-0.05, 0) is 36.6 Å². The maximum absolute atomic E-state index is 13.1. The van der Waals surface area contributed by atoms with Crippen LogP contribution in [-0.2, 0) is 6.54 Å². The van der Waals surface area contributed by atoms with Crippen molar-refractivity contribution in [3.63, 3.8) is 0 Å². The molecule has 3 rings (SSSR count). The Morgan fingerprint density at radius 2 is 1.79 bits per heavy atom. The summed E-state index contributed by atoms with van der Waals surface area (Å²) in [6.45, 7) is 4.25. The summed E-state index contributed by atoms with van der Waals surface area (Å²) in [5, 5.41) is 9.36. The van der Waals surface area contributed by atoms with Crippen molar-refractivity contribution in [1.82, 2.24) is 15.2 Å². The molecule has 28 heavy (non-hydrogen) atoms. The molecule has 0 aliphatic heterocycles. The van der Waals surface area contributed by atoms with E-state index in [1.54, 1.807) is 36.4 Å². The summed E-state index contributed by atoms with van der Waals surface area (Å²) >= 11 is 0. The van der Waals surface area contributed by atoms with Gasteiger partial charge in [-0.15, -0.1) is 0 Å². The van der Waals surface area contributed by atoms with E-state index in [2.05, 4.69) is 15.6 Å². The lowest BCUT2D eigenvalue weighted by Gasteiger charge is -2.10. The van der Waals surface area contributed by atoms with E-state index in [0.717, 1.165) is 12.0 Å². The maximum atomic E-state index is 13.1. The fourth-order valence-corrected chi connectivity index (χ4v) is 2.93. The topological polar surface area (TPSA) is 76.3 Å². The van der Waals surface area contributed by atoms with E-state index in [4.69, 9.17) is 0 Å². The van der Waals surface area contributed by atoms with Gasteiger partial charge in [0.1, 0.15) is 5.82 Å². The molecule has 1 N–H and O–H groups in total. The zero-order valence-corrected chi connectivity index (χ0v) is 15.8. The van der Waals surface area contributed by atoms with Crippen molar-refractivity contribution in [2.24, 2.45) is 5.10 Å². The van der Waals surface area contributed by atoms with Gasteiger partial charge in [-0.1, -0.05) is 44.2 Å². The Labute approximate surface area is 161 Å². The lowest BCUT2D eigenvalue weighted by molar-refractivity contribution is 0.0949. The molecular formula is C21H21FN4O2. The monoisotopic (exact) mass is 380 g/mol. The van der Waals surface area contributed by atoms with Gasteiger partial charge in [0.25, 0.3) is 11.5 Å². The number of amides is 1.